The maximum Gasteiger partial charge on any atom is 0.240 e. The van der Waals surface area contributed by atoms with Gasteiger partial charge in [0.05, 0.1) is 4.90 Å². The third-order valence-corrected chi connectivity index (χ3v) is 4.83. The molecule has 1 aromatic rings. The Labute approximate surface area is 102 Å². The SMILES string of the molecule is CC1(C)CC1CNS(=O)(=O)c1cccc(N)c1. The summed E-state index contributed by atoms with van der Waals surface area (Å²) in [5.74, 6) is 0.443. The first-order valence-corrected chi connectivity index (χ1v) is 7.15. The van der Waals surface area contributed by atoms with Crippen LogP contribution in [0.25, 0.3) is 0 Å². The number of rotatable bonds is 4. The molecule has 1 aliphatic rings. The summed E-state index contributed by atoms with van der Waals surface area (Å²) in [6.07, 6.45) is 1.08. The van der Waals surface area contributed by atoms with Crippen LogP contribution in [-0.2, 0) is 10.0 Å². The molecular formula is C12H18N2O2S. The molecule has 4 nitrogen and oxygen atoms in total. The third kappa shape index (κ3) is 2.79. The Morgan fingerprint density at radius 3 is 2.65 bits per heavy atom. The van der Waals surface area contributed by atoms with Crippen molar-refractivity contribution in [3.63, 3.8) is 0 Å². The fourth-order valence-electron chi connectivity index (χ4n) is 1.90. The number of benzene rings is 1. The minimum atomic E-state index is -3.42. The number of hydrogen-bond acceptors (Lipinski definition) is 3. The normalized spacial score (nSPS) is 22.4. The lowest BCUT2D eigenvalue weighted by molar-refractivity contribution is 0.537. The van der Waals surface area contributed by atoms with E-state index in [0.717, 1.165) is 6.42 Å². The van der Waals surface area contributed by atoms with E-state index in [1.54, 1.807) is 18.2 Å². The second-order valence-corrected chi connectivity index (χ2v) is 7.08. The van der Waals surface area contributed by atoms with E-state index in [0.29, 0.717) is 18.2 Å². The van der Waals surface area contributed by atoms with Gasteiger partial charge in [0.25, 0.3) is 0 Å². The van der Waals surface area contributed by atoms with E-state index in [1.807, 2.05) is 0 Å². The van der Waals surface area contributed by atoms with Gasteiger partial charge in [-0.1, -0.05) is 19.9 Å². The molecule has 0 bridgehead atoms. The summed E-state index contributed by atoms with van der Waals surface area (Å²) in [5, 5.41) is 0. The molecule has 2 rings (SSSR count). The van der Waals surface area contributed by atoms with Crippen LogP contribution in [-0.4, -0.2) is 15.0 Å². The Hall–Kier alpha value is -1.07. The van der Waals surface area contributed by atoms with Crippen molar-refractivity contribution in [3.8, 4) is 0 Å². The molecule has 1 saturated carbocycles. The molecule has 17 heavy (non-hydrogen) atoms. The zero-order valence-electron chi connectivity index (χ0n) is 10.1. The lowest BCUT2D eigenvalue weighted by Crippen LogP contribution is -2.26. The highest BCUT2D eigenvalue weighted by atomic mass is 32.2. The third-order valence-electron chi connectivity index (χ3n) is 3.41. The van der Waals surface area contributed by atoms with Crippen molar-refractivity contribution < 1.29 is 8.42 Å². The number of nitrogens with two attached hydrogens (primary N) is 1. The summed E-state index contributed by atoms with van der Waals surface area (Å²) in [4.78, 5) is 0.232. The molecule has 0 amide bonds. The van der Waals surface area contributed by atoms with Crippen molar-refractivity contribution >= 4 is 15.7 Å². The standard InChI is InChI=1S/C12H18N2O2S/c1-12(2)7-9(12)8-14-17(15,16)11-5-3-4-10(13)6-11/h3-6,9,14H,7-8,13H2,1-2H3. The molecule has 94 valence electrons. The molecule has 0 aromatic heterocycles. The van der Waals surface area contributed by atoms with E-state index < -0.39 is 10.0 Å². The molecule has 1 atom stereocenters. The van der Waals surface area contributed by atoms with Crippen LogP contribution in [0.4, 0.5) is 5.69 Å². The summed E-state index contributed by atoms with van der Waals surface area (Å²) in [6.45, 7) is 4.79. The summed E-state index contributed by atoms with van der Waals surface area (Å²) in [6, 6.07) is 6.34. The van der Waals surface area contributed by atoms with Crippen LogP contribution in [0.3, 0.4) is 0 Å². The minimum Gasteiger partial charge on any atom is -0.399 e. The summed E-state index contributed by atoms with van der Waals surface area (Å²) in [5.41, 5.74) is 6.31. The van der Waals surface area contributed by atoms with Crippen LogP contribution in [0.5, 0.6) is 0 Å². The van der Waals surface area contributed by atoms with Gasteiger partial charge in [0.2, 0.25) is 10.0 Å². The predicted octanol–water partition coefficient (Wildman–Crippen LogP) is 1.59. The number of sulfonamides is 1. The molecular weight excluding hydrogens is 236 g/mol. The minimum absolute atomic E-state index is 0.232. The molecule has 1 aliphatic carbocycles. The van der Waals surface area contributed by atoms with Crippen molar-refractivity contribution in [2.24, 2.45) is 11.3 Å². The van der Waals surface area contributed by atoms with Gasteiger partial charge in [0, 0.05) is 12.2 Å². The zero-order chi connectivity index (χ0) is 12.7. The Balaban J connectivity index is 2.04. The van der Waals surface area contributed by atoms with Crippen LogP contribution in [0.1, 0.15) is 20.3 Å². The lowest BCUT2D eigenvalue weighted by Gasteiger charge is -2.08. The molecule has 1 aromatic carbocycles. The van der Waals surface area contributed by atoms with Gasteiger partial charge in [-0.3, -0.25) is 0 Å². The molecule has 5 heteroatoms. The van der Waals surface area contributed by atoms with Gasteiger partial charge in [-0.05, 0) is 36.0 Å². The van der Waals surface area contributed by atoms with E-state index in [2.05, 4.69) is 18.6 Å². The quantitative estimate of drug-likeness (QED) is 0.801. The molecule has 1 fully saturated rings. The average Bonchev–Trinajstić information content (AvgIpc) is 2.84. The van der Waals surface area contributed by atoms with Crippen LogP contribution in [0.2, 0.25) is 0 Å². The highest BCUT2D eigenvalue weighted by Gasteiger charge is 2.45. The average molecular weight is 254 g/mol. The Morgan fingerprint density at radius 2 is 2.12 bits per heavy atom. The van der Waals surface area contributed by atoms with Crippen LogP contribution in [0.15, 0.2) is 29.2 Å². The second kappa shape index (κ2) is 3.99. The Bertz CT molecular complexity index is 523. The fraction of sp³-hybridized carbons (Fsp3) is 0.500. The smallest absolute Gasteiger partial charge is 0.240 e. The van der Waals surface area contributed by atoms with Crippen molar-refractivity contribution in [3.05, 3.63) is 24.3 Å². The van der Waals surface area contributed by atoms with E-state index in [-0.39, 0.29) is 10.3 Å². The van der Waals surface area contributed by atoms with Gasteiger partial charge in [-0.15, -0.1) is 0 Å². The molecule has 0 heterocycles. The number of nitrogen functional groups attached to an aromatic ring is 1. The maximum absolute atomic E-state index is 12.0. The fourth-order valence-corrected chi connectivity index (χ4v) is 3.04. The van der Waals surface area contributed by atoms with Crippen molar-refractivity contribution in [1.29, 1.82) is 0 Å². The number of hydrogen-bond donors (Lipinski definition) is 2. The topological polar surface area (TPSA) is 72.2 Å². The van der Waals surface area contributed by atoms with Crippen molar-refractivity contribution in [2.45, 2.75) is 25.2 Å². The second-order valence-electron chi connectivity index (χ2n) is 5.31. The van der Waals surface area contributed by atoms with Gasteiger partial charge in [-0.2, -0.15) is 0 Å². The Morgan fingerprint density at radius 1 is 1.47 bits per heavy atom. The number of nitrogens with one attached hydrogen (secondary N) is 1. The van der Waals surface area contributed by atoms with E-state index >= 15 is 0 Å². The number of anilines is 1. The van der Waals surface area contributed by atoms with Crippen LogP contribution in [0, 0.1) is 11.3 Å². The summed E-state index contributed by atoms with van der Waals surface area (Å²) in [7, 11) is -3.42. The van der Waals surface area contributed by atoms with Gasteiger partial charge in [0.1, 0.15) is 0 Å². The maximum atomic E-state index is 12.0. The van der Waals surface area contributed by atoms with Gasteiger partial charge in [0.15, 0.2) is 0 Å². The van der Waals surface area contributed by atoms with Crippen molar-refractivity contribution in [1.82, 2.24) is 4.72 Å². The first-order chi connectivity index (χ1) is 7.81. The predicted molar refractivity (Wildman–Crippen MR) is 67.9 cm³/mol. The molecule has 0 spiro atoms. The van der Waals surface area contributed by atoms with Gasteiger partial charge < -0.3 is 5.73 Å². The van der Waals surface area contributed by atoms with Crippen molar-refractivity contribution in [2.75, 3.05) is 12.3 Å². The lowest BCUT2D eigenvalue weighted by atomic mass is 10.1. The van der Waals surface area contributed by atoms with Gasteiger partial charge in [-0.25, -0.2) is 13.1 Å². The van der Waals surface area contributed by atoms with Gasteiger partial charge >= 0.3 is 0 Å². The first kappa shape index (κ1) is 12.4. The first-order valence-electron chi connectivity index (χ1n) is 5.66. The van der Waals surface area contributed by atoms with E-state index in [1.165, 1.54) is 6.07 Å². The van der Waals surface area contributed by atoms with E-state index in [9.17, 15) is 8.42 Å². The monoisotopic (exact) mass is 254 g/mol. The molecule has 0 saturated heterocycles. The summed E-state index contributed by atoms with van der Waals surface area (Å²) < 4.78 is 26.6. The van der Waals surface area contributed by atoms with Crippen LogP contribution < -0.4 is 10.5 Å². The molecule has 0 aliphatic heterocycles. The summed E-state index contributed by atoms with van der Waals surface area (Å²) >= 11 is 0. The highest BCUT2D eigenvalue weighted by molar-refractivity contribution is 7.89. The largest absolute Gasteiger partial charge is 0.399 e. The Kier molecular flexibility index (Phi) is 2.91. The highest BCUT2D eigenvalue weighted by Crippen LogP contribution is 2.51. The van der Waals surface area contributed by atoms with Crippen LogP contribution >= 0.6 is 0 Å². The molecule has 3 N–H and O–H groups in total. The zero-order valence-corrected chi connectivity index (χ0v) is 10.9. The molecule has 1 unspecified atom stereocenters. The van der Waals surface area contributed by atoms with E-state index in [4.69, 9.17) is 5.73 Å². The molecule has 0 radical (unpaired) electrons.